The predicted octanol–water partition coefficient (Wildman–Crippen LogP) is 4.65. The number of ether oxygens (including phenoxy) is 9. The second-order valence-electron chi connectivity index (χ2n) is 8.52. The van der Waals surface area contributed by atoms with Gasteiger partial charge >= 0.3 is 5.97 Å². The summed E-state index contributed by atoms with van der Waals surface area (Å²) in [5.41, 5.74) is 1.70. The molecule has 10 nitrogen and oxygen atoms in total. The highest BCUT2D eigenvalue weighted by atomic mass is 16.6. The van der Waals surface area contributed by atoms with Crippen LogP contribution in [0, 0.1) is 0 Å². The van der Waals surface area contributed by atoms with Crippen LogP contribution in [0.25, 0.3) is 0 Å². The van der Waals surface area contributed by atoms with Gasteiger partial charge in [-0.05, 0) is 24.3 Å². The lowest BCUT2D eigenvalue weighted by molar-refractivity contribution is -0.0188. The Morgan fingerprint density at radius 1 is 0.692 bits per heavy atom. The van der Waals surface area contributed by atoms with Gasteiger partial charge in [-0.25, -0.2) is 4.79 Å². The molecule has 0 fully saturated rings. The maximum atomic E-state index is 13.5. The molecule has 2 atom stereocenters. The molecule has 208 valence electrons. The third kappa shape index (κ3) is 5.41. The molecule has 1 aliphatic heterocycles. The number of esters is 1. The molecular formula is C29H32O10. The van der Waals surface area contributed by atoms with Gasteiger partial charge in [0, 0.05) is 29.7 Å². The first-order chi connectivity index (χ1) is 18.9. The van der Waals surface area contributed by atoms with Gasteiger partial charge in [-0.2, -0.15) is 0 Å². The molecule has 39 heavy (non-hydrogen) atoms. The quantitative estimate of drug-likeness (QED) is 0.338. The normalized spacial score (nSPS) is 15.8. The Balaban J connectivity index is 1.76. The second kappa shape index (κ2) is 11.9. The van der Waals surface area contributed by atoms with E-state index >= 15 is 0 Å². The van der Waals surface area contributed by atoms with Crippen molar-refractivity contribution in [3.8, 4) is 46.0 Å². The molecule has 0 radical (unpaired) electrons. The number of methoxy groups -OCH3 is 7. The SMILES string of the molecule is COc1cc(OC)c2c(c1)O[C@H](c1ccc(OC)c(OC)c1)[C@H](OC(=O)c1cc(OC)c(OC)c(OC)c1)C2. The second-order valence-corrected chi connectivity index (χ2v) is 8.52. The molecule has 3 aromatic carbocycles. The molecular weight excluding hydrogens is 508 g/mol. The van der Waals surface area contributed by atoms with Crippen LogP contribution < -0.4 is 37.9 Å². The summed E-state index contributed by atoms with van der Waals surface area (Å²) in [4.78, 5) is 13.5. The summed E-state index contributed by atoms with van der Waals surface area (Å²) >= 11 is 0. The molecule has 1 heterocycles. The molecule has 0 bridgehead atoms. The van der Waals surface area contributed by atoms with Crippen molar-refractivity contribution >= 4 is 5.97 Å². The third-order valence-corrected chi connectivity index (χ3v) is 6.49. The van der Waals surface area contributed by atoms with Gasteiger partial charge < -0.3 is 42.6 Å². The zero-order valence-electron chi connectivity index (χ0n) is 23.0. The van der Waals surface area contributed by atoms with Gasteiger partial charge in [-0.3, -0.25) is 0 Å². The van der Waals surface area contributed by atoms with E-state index in [1.165, 1.54) is 33.5 Å². The van der Waals surface area contributed by atoms with E-state index in [2.05, 4.69) is 0 Å². The molecule has 0 unspecified atom stereocenters. The van der Waals surface area contributed by atoms with Crippen molar-refractivity contribution in [3.63, 3.8) is 0 Å². The minimum Gasteiger partial charge on any atom is -0.496 e. The number of rotatable bonds is 10. The van der Waals surface area contributed by atoms with Gasteiger partial charge in [0.2, 0.25) is 5.75 Å². The summed E-state index contributed by atoms with van der Waals surface area (Å²) in [7, 11) is 10.7. The van der Waals surface area contributed by atoms with Gasteiger partial charge in [0.05, 0.1) is 55.3 Å². The first-order valence-corrected chi connectivity index (χ1v) is 12.1. The lowest BCUT2D eigenvalue weighted by atomic mass is 9.93. The Labute approximate surface area is 227 Å². The monoisotopic (exact) mass is 540 g/mol. The fourth-order valence-corrected chi connectivity index (χ4v) is 4.54. The minimum absolute atomic E-state index is 0.225. The molecule has 0 spiro atoms. The van der Waals surface area contributed by atoms with Crippen molar-refractivity contribution in [2.45, 2.75) is 18.6 Å². The zero-order chi connectivity index (χ0) is 28.1. The third-order valence-electron chi connectivity index (χ3n) is 6.49. The van der Waals surface area contributed by atoms with E-state index in [0.717, 1.165) is 11.1 Å². The van der Waals surface area contributed by atoms with Crippen LogP contribution in [0.4, 0.5) is 0 Å². The van der Waals surface area contributed by atoms with Crippen molar-refractivity contribution in [2.75, 3.05) is 49.8 Å². The summed E-state index contributed by atoms with van der Waals surface area (Å²) in [6.07, 6.45) is -1.10. The summed E-state index contributed by atoms with van der Waals surface area (Å²) in [5, 5.41) is 0. The molecule has 10 heteroatoms. The molecule has 0 aromatic heterocycles. The van der Waals surface area contributed by atoms with Gasteiger partial charge in [-0.1, -0.05) is 6.07 Å². The van der Waals surface area contributed by atoms with Crippen molar-refractivity contribution in [1.29, 1.82) is 0 Å². The maximum Gasteiger partial charge on any atom is 0.338 e. The van der Waals surface area contributed by atoms with Crippen LogP contribution in [0.5, 0.6) is 46.0 Å². The van der Waals surface area contributed by atoms with Gasteiger partial charge in [0.1, 0.15) is 23.4 Å². The van der Waals surface area contributed by atoms with E-state index < -0.39 is 18.2 Å². The van der Waals surface area contributed by atoms with Crippen LogP contribution in [0.2, 0.25) is 0 Å². The highest BCUT2D eigenvalue weighted by Crippen LogP contribution is 2.45. The van der Waals surface area contributed by atoms with Gasteiger partial charge in [0.25, 0.3) is 0 Å². The van der Waals surface area contributed by atoms with Crippen LogP contribution in [0.15, 0.2) is 42.5 Å². The highest BCUT2D eigenvalue weighted by molar-refractivity contribution is 5.91. The Morgan fingerprint density at radius 3 is 1.90 bits per heavy atom. The Hall–Kier alpha value is -4.47. The van der Waals surface area contributed by atoms with Crippen molar-refractivity contribution in [3.05, 3.63) is 59.2 Å². The molecule has 1 aliphatic rings. The Bertz CT molecular complexity index is 1310. The molecule has 0 amide bonds. The van der Waals surface area contributed by atoms with Crippen LogP contribution >= 0.6 is 0 Å². The molecule has 3 aromatic rings. The average molecular weight is 541 g/mol. The topological polar surface area (TPSA) is 100 Å². The minimum atomic E-state index is -0.732. The molecule has 4 rings (SSSR count). The standard InChI is InChI=1S/C29H32O10/c1-31-18-13-21(33-3)19-15-26(39-29(30)17-11-24(35-5)28(37-7)25(12-17)36-6)27(38-22(19)14-18)16-8-9-20(32-2)23(10-16)34-4/h8-14,26-27H,15H2,1-7H3/t26-,27-/m1/s1. The zero-order valence-corrected chi connectivity index (χ0v) is 23.0. The summed E-state index contributed by atoms with van der Waals surface area (Å²) in [5.74, 6) is 3.21. The van der Waals surface area contributed by atoms with Crippen LogP contribution in [-0.4, -0.2) is 61.8 Å². The van der Waals surface area contributed by atoms with Crippen LogP contribution in [-0.2, 0) is 11.2 Å². The van der Waals surface area contributed by atoms with Crippen molar-refractivity contribution < 1.29 is 47.4 Å². The van der Waals surface area contributed by atoms with E-state index in [0.29, 0.717) is 52.4 Å². The molecule has 0 saturated carbocycles. The van der Waals surface area contributed by atoms with Crippen molar-refractivity contribution in [1.82, 2.24) is 0 Å². The highest BCUT2D eigenvalue weighted by Gasteiger charge is 2.37. The lowest BCUT2D eigenvalue weighted by Gasteiger charge is -2.34. The lowest BCUT2D eigenvalue weighted by Crippen LogP contribution is -2.35. The van der Waals surface area contributed by atoms with E-state index in [1.807, 2.05) is 6.07 Å². The van der Waals surface area contributed by atoms with Crippen LogP contribution in [0.1, 0.15) is 27.6 Å². The average Bonchev–Trinajstić information content (AvgIpc) is 2.98. The van der Waals surface area contributed by atoms with Gasteiger partial charge in [-0.15, -0.1) is 0 Å². The van der Waals surface area contributed by atoms with Crippen molar-refractivity contribution in [2.24, 2.45) is 0 Å². The van der Waals surface area contributed by atoms with E-state index in [-0.39, 0.29) is 5.56 Å². The van der Waals surface area contributed by atoms with E-state index in [1.54, 1.807) is 52.7 Å². The fourth-order valence-electron chi connectivity index (χ4n) is 4.54. The number of benzene rings is 3. The molecule has 0 saturated heterocycles. The summed E-state index contributed by atoms with van der Waals surface area (Å²) < 4.78 is 50.6. The van der Waals surface area contributed by atoms with Crippen LogP contribution in [0.3, 0.4) is 0 Å². The number of hydrogen-bond donors (Lipinski definition) is 0. The van der Waals surface area contributed by atoms with Gasteiger partial charge in [0.15, 0.2) is 29.1 Å². The smallest absolute Gasteiger partial charge is 0.338 e. The predicted molar refractivity (Wildman–Crippen MR) is 141 cm³/mol. The number of hydrogen-bond acceptors (Lipinski definition) is 10. The molecule has 0 N–H and O–H groups in total. The summed E-state index contributed by atoms with van der Waals surface area (Å²) in [6.45, 7) is 0. The number of carbonyl (C=O) groups is 1. The first-order valence-electron chi connectivity index (χ1n) is 12.1. The first kappa shape index (κ1) is 27.6. The Morgan fingerprint density at radius 2 is 1.33 bits per heavy atom. The molecule has 0 aliphatic carbocycles. The largest absolute Gasteiger partial charge is 0.496 e. The fraction of sp³-hybridized carbons (Fsp3) is 0.345. The number of carbonyl (C=O) groups excluding carboxylic acids is 1. The van der Waals surface area contributed by atoms with E-state index in [4.69, 9.17) is 42.6 Å². The summed E-state index contributed by atoms with van der Waals surface area (Å²) in [6, 6.07) is 12.0. The Kier molecular flexibility index (Phi) is 8.43. The van der Waals surface area contributed by atoms with E-state index in [9.17, 15) is 4.79 Å². The number of fused-ring (bicyclic) bond motifs is 1. The maximum absolute atomic E-state index is 13.5.